The fraction of sp³-hybridized carbons (Fsp3) is 0.837. The van der Waals surface area contributed by atoms with Gasteiger partial charge in [-0.05, 0) is 50.5 Å². The Morgan fingerprint density at radius 2 is 0.778 bits per heavy atom. The van der Waals surface area contributed by atoms with Crippen LogP contribution in [0.2, 0.25) is 0 Å². The van der Waals surface area contributed by atoms with Crippen molar-refractivity contribution in [2.45, 2.75) is 226 Å². The summed E-state index contributed by atoms with van der Waals surface area (Å²) in [6, 6.07) is 4.86. The second-order valence-electron chi connectivity index (χ2n) is 14.2. The molecule has 1 heterocycles. The number of aromatic nitrogens is 1. The van der Waals surface area contributed by atoms with E-state index in [4.69, 9.17) is 0 Å². The quantitative estimate of drug-likeness (QED) is 0.0399. The molecule has 2 heteroatoms. The first-order chi connectivity index (χ1) is 21.8. The van der Waals surface area contributed by atoms with Gasteiger partial charge in [0.05, 0.1) is 0 Å². The average Bonchev–Trinajstić information content (AvgIpc) is 3.03. The van der Waals surface area contributed by atoms with Gasteiger partial charge in [-0.15, -0.1) is 0 Å². The Hall–Kier alpha value is -0.820. The van der Waals surface area contributed by atoms with E-state index in [1.54, 1.807) is 5.56 Å². The molecule has 0 atom stereocenters. The van der Waals surface area contributed by atoms with Gasteiger partial charge in [-0.1, -0.05) is 187 Å². The van der Waals surface area contributed by atoms with E-state index in [1.807, 2.05) is 0 Å². The molecule has 1 rings (SSSR count). The average molecular weight is 647 g/mol. The Labute approximate surface area is 290 Å². The number of pyridine rings is 1. The van der Waals surface area contributed by atoms with Crippen molar-refractivity contribution >= 4 is 0 Å². The molecule has 0 aliphatic carbocycles. The zero-order valence-electron chi connectivity index (χ0n) is 31.0. The lowest BCUT2D eigenvalue weighted by molar-refractivity contribution is -0.679. The van der Waals surface area contributed by atoms with Crippen molar-refractivity contribution in [1.82, 2.24) is 0 Å². The molecular formula is C43H80ClN. The molecule has 0 saturated heterocycles. The maximum atomic E-state index is 2.51. The van der Waals surface area contributed by atoms with E-state index < -0.39 is 0 Å². The topological polar surface area (TPSA) is 3.88 Å². The zero-order chi connectivity index (χ0) is 31.6. The fourth-order valence-electron chi connectivity index (χ4n) is 6.68. The standard InChI is InChI=1S/C43H80N.ClH/c1-4-6-8-10-12-14-16-18-20-22-24-26-28-30-32-34-36-38-43-41-42(39-40-44(43)3)37-35-33-31-29-27-25-23-21-19-17-15-13-11-9-7-5-2;/h18,20,39-41H,4-17,19,21-38H2,1-3H3;1H/q+1;/p-1/b20-18-;. The summed E-state index contributed by atoms with van der Waals surface area (Å²) in [5.41, 5.74) is 3.09. The van der Waals surface area contributed by atoms with Crippen LogP contribution < -0.4 is 17.0 Å². The Bertz CT molecular complexity index is 741. The molecule has 1 aromatic rings. The van der Waals surface area contributed by atoms with E-state index in [9.17, 15) is 0 Å². The molecule has 0 fully saturated rings. The molecule has 0 aliphatic heterocycles. The normalized spacial score (nSPS) is 11.4. The Morgan fingerprint density at radius 3 is 1.18 bits per heavy atom. The van der Waals surface area contributed by atoms with Crippen LogP contribution in [0.25, 0.3) is 0 Å². The highest BCUT2D eigenvalue weighted by Crippen LogP contribution is 2.16. The summed E-state index contributed by atoms with van der Waals surface area (Å²) in [7, 11) is 2.23. The predicted octanol–water partition coefficient (Wildman–Crippen LogP) is 11.3. The minimum atomic E-state index is 0. The summed E-state index contributed by atoms with van der Waals surface area (Å²) in [4.78, 5) is 0. The molecule has 0 radical (unpaired) electrons. The third-order valence-corrected chi connectivity index (χ3v) is 9.83. The molecule has 0 N–H and O–H groups in total. The highest BCUT2D eigenvalue weighted by molar-refractivity contribution is 5.13. The minimum absolute atomic E-state index is 0. The molecule has 0 unspecified atom stereocenters. The van der Waals surface area contributed by atoms with Gasteiger partial charge in [-0.3, -0.25) is 0 Å². The highest BCUT2D eigenvalue weighted by atomic mass is 35.5. The van der Waals surface area contributed by atoms with Gasteiger partial charge in [0, 0.05) is 18.6 Å². The number of rotatable bonds is 34. The van der Waals surface area contributed by atoms with Crippen LogP contribution in [0.4, 0.5) is 0 Å². The van der Waals surface area contributed by atoms with Crippen LogP contribution in [0.5, 0.6) is 0 Å². The van der Waals surface area contributed by atoms with E-state index in [-0.39, 0.29) is 12.4 Å². The van der Waals surface area contributed by atoms with Gasteiger partial charge < -0.3 is 12.4 Å². The van der Waals surface area contributed by atoms with Crippen molar-refractivity contribution in [3.05, 3.63) is 41.7 Å². The van der Waals surface area contributed by atoms with Crippen molar-refractivity contribution < 1.29 is 17.0 Å². The van der Waals surface area contributed by atoms with Crippen LogP contribution >= 0.6 is 0 Å². The molecule has 0 aromatic carbocycles. The van der Waals surface area contributed by atoms with E-state index in [0.717, 1.165) is 0 Å². The lowest BCUT2D eigenvalue weighted by Crippen LogP contribution is -3.00. The van der Waals surface area contributed by atoms with Crippen molar-refractivity contribution in [2.75, 3.05) is 0 Å². The summed E-state index contributed by atoms with van der Waals surface area (Å²) in [5.74, 6) is 0. The third-order valence-electron chi connectivity index (χ3n) is 9.83. The summed E-state index contributed by atoms with van der Waals surface area (Å²) in [5, 5.41) is 0. The molecule has 0 saturated carbocycles. The summed E-state index contributed by atoms with van der Waals surface area (Å²) >= 11 is 0. The van der Waals surface area contributed by atoms with Gasteiger partial charge in [-0.2, -0.15) is 0 Å². The Kier molecular flexibility index (Phi) is 35.4. The van der Waals surface area contributed by atoms with Gasteiger partial charge in [0.2, 0.25) is 0 Å². The van der Waals surface area contributed by atoms with Crippen molar-refractivity contribution in [1.29, 1.82) is 0 Å². The fourth-order valence-corrected chi connectivity index (χ4v) is 6.68. The van der Waals surface area contributed by atoms with Crippen LogP contribution in [0, 0.1) is 0 Å². The Balaban J connectivity index is 0.0000194. The number of allylic oxidation sites excluding steroid dienone is 2. The van der Waals surface area contributed by atoms with Gasteiger partial charge >= 0.3 is 0 Å². The molecule has 264 valence electrons. The van der Waals surface area contributed by atoms with Crippen LogP contribution in [0.1, 0.15) is 224 Å². The molecule has 1 nitrogen and oxygen atoms in total. The number of halogens is 1. The minimum Gasteiger partial charge on any atom is -1.00 e. The summed E-state index contributed by atoms with van der Waals surface area (Å²) in [6.45, 7) is 4.60. The third kappa shape index (κ3) is 30.3. The van der Waals surface area contributed by atoms with Crippen molar-refractivity contribution in [3.8, 4) is 0 Å². The van der Waals surface area contributed by atoms with E-state index in [0.29, 0.717) is 0 Å². The molecule has 45 heavy (non-hydrogen) atoms. The SMILES string of the molecule is CCCCCCCC/C=C\CCCCCCCCCc1cc(CCCCCCCCCCCCCCCCCC)cc[n+]1C.[Cl-]. The molecule has 0 aliphatic rings. The maximum absolute atomic E-state index is 2.51. The molecule has 0 bridgehead atoms. The highest BCUT2D eigenvalue weighted by Gasteiger charge is 2.08. The molecule has 0 amide bonds. The van der Waals surface area contributed by atoms with Gasteiger partial charge in [-0.25, -0.2) is 4.57 Å². The van der Waals surface area contributed by atoms with Crippen LogP contribution in [-0.2, 0) is 19.9 Å². The zero-order valence-corrected chi connectivity index (χ0v) is 31.8. The Morgan fingerprint density at radius 1 is 0.444 bits per heavy atom. The number of aryl methyl sites for hydroxylation is 3. The largest absolute Gasteiger partial charge is 1.00 e. The predicted molar refractivity (Wildman–Crippen MR) is 199 cm³/mol. The van der Waals surface area contributed by atoms with Gasteiger partial charge in [0.15, 0.2) is 11.9 Å². The van der Waals surface area contributed by atoms with Crippen LogP contribution in [-0.4, -0.2) is 0 Å². The second-order valence-corrected chi connectivity index (χ2v) is 14.2. The smallest absolute Gasteiger partial charge is 0.181 e. The summed E-state index contributed by atoms with van der Waals surface area (Å²) in [6.07, 6.45) is 53.7. The van der Waals surface area contributed by atoms with E-state index in [1.165, 1.54) is 218 Å². The van der Waals surface area contributed by atoms with Gasteiger partial charge in [0.25, 0.3) is 0 Å². The number of hydrogen-bond acceptors (Lipinski definition) is 0. The van der Waals surface area contributed by atoms with E-state index >= 15 is 0 Å². The first-order valence-corrected chi connectivity index (χ1v) is 20.4. The van der Waals surface area contributed by atoms with Crippen LogP contribution in [0.3, 0.4) is 0 Å². The number of unbranched alkanes of at least 4 members (excludes halogenated alkanes) is 28. The van der Waals surface area contributed by atoms with Gasteiger partial charge in [0.1, 0.15) is 7.05 Å². The monoisotopic (exact) mass is 646 g/mol. The first-order valence-electron chi connectivity index (χ1n) is 20.4. The first kappa shape index (κ1) is 44.2. The summed E-state index contributed by atoms with van der Waals surface area (Å²) < 4.78 is 2.36. The van der Waals surface area contributed by atoms with Crippen molar-refractivity contribution in [2.24, 2.45) is 7.05 Å². The molecular weight excluding hydrogens is 566 g/mol. The van der Waals surface area contributed by atoms with E-state index in [2.05, 4.69) is 55.9 Å². The maximum Gasteiger partial charge on any atom is 0.181 e. The molecule has 1 aromatic heterocycles. The lowest BCUT2D eigenvalue weighted by atomic mass is 10.0. The molecule has 0 spiro atoms. The second kappa shape index (κ2) is 36.0. The number of hydrogen-bond donors (Lipinski definition) is 0. The van der Waals surface area contributed by atoms with Crippen LogP contribution in [0.15, 0.2) is 30.5 Å². The number of nitrogens with zero attached hydrogens (tertiary/aromatic N) is 1. The lowest BCUT2D eigenvalue weighted by Gasteiger charge is -2.06. The van der Waals surface area contributed by atoms with Crippen molar-refractivity contribution in [3.63, 3.8) is 0 Å².